The van der Waals surface area contributed by atoms with Gasteiger partial charge in [-0.3, -0.25) is 0 Å². The van der Waals surface area contributed by atoms with Gasteiger partial charge in [-0.2, -0.15) is 0 Å². The minimum absolute atomic E-state index is 0.713. The van der Waals surface area contributed by atoms with Crippen molar-refractivity contribution in [3.63, 3.8) is 0 Å². The zero-order valence-electron chi connectivity index (χ0n) is 7.64. The molecule has 1 aliphatic rings. The fraction of sp³-hybridized carbons (Fsp3) is 0.800. The van der Waals surface area contributed by atoms with Crippen LogP contribution in [0.4, 0.5) is 0 Å². The molecule has 0 aromatic heterocycles. The molecule has 1 nitrogen and oxygen atoms in total. The van der Waals surface area contributed by atoms with Gasteiger partial charge in [0, 0.05) is 0 Å². The molecule has 0 radical (unpaired) electrons. The van der Waals surface area contributed by atoms with Crippen LogP contribution in [0.3, 0.4) is 0 Å². The Balaban J connectivity index is 2.23. The van der Waals surface area contributed by atoms with Crippen molar-refractivity contribution < 1.29 is 0 Å². The van der Waals surface area contributed by atoms with Crippen LogP contribution in [0.1, 0.15) is 26.7 Å². The molecule has 0 aliphatic carbocycles. The van der Waals surface area contributed by atoms with Gasteiger partial charge in [0.15, 0.2) is 0 Å². The van der Waals surface area contributed by atoms with Crippen molar-refractivity contribution in [2.75, 3.05) is 13.1 Å². The lowest BCUT2D eigenvalue weighted by atomic mass is 9.96. The summed E-state index contributed by atoms with van der Waals surface area (Å²) in [5, 5.41) is 3.37. The molecule has 0 amide bonds. The van der Waals surface area contributed by atoms with Gasteiger partial charge >= 0.3 is 0 Å². The molecule has 0 saturated carbocycles. The van der Waals surface area contributed by atoms with Crippen molar-refractivity contribution in [1.29, 1.82) is 0 Å². The smallest absolute Gasteiger partial charge is 0.00433 e. The Morgan fingerprint density at radius 1 is 1.27 bits per heavy atom. The Labute approximate surface area is 69.9 Å². The predicted molar refractivity (Wildman–Crippen MR) is 49.6 cm³/mol. The summed E-state index contributed by atoms with van der Waals surface area (Å²) in [6, 6.07) is 0. The van der Waals surface area contributed by atoms with E-state index in [9.17, 15) is 0 Å². The second kappa shape index (κ2) is 4.55. The molecule has 0 bridgehead atoms. The van der Waals surface area contributed by atoms with Gasteiger partial charge in [-0.05, 0) is 37.8 Å². The minimum atomic E-state index is 0.713. The van der Waals surface area contributed by atoms with E-state index >= 15 is 0 Å². The molecular weight excluding hydrogens is 134 g/mol. The predicted octanol–water partition coefficient (Wildman–Crippen LogP) is 2.20. The fourth-order valence-corrected chi connectivity index (χ4v) is 1.42. The number of nitrogens with one attached hydrogen (secondary N) is 1. The molecule has 0 unspecified atom stereocenters. The summed E-state index contributed by atoms with van der Waals surface area (Å²) < 4.78 is 0. The maximum atomic E-state index is 3.37. The van der Waals surface area contributed by atoms with Crippen LogP contribution >= 0.6 is 0 Å². The van der Waals surface area contributed by atoms with Gasteiger partial charge in [0.1, 0.15) is 0 Å². The maximum Gasteiger partial charge on any atom is -0.00433 e. The molecule has 64 valence electrons. The van der Waals surface area contributed by atoms with E-state index in [0.717, 1.165) is 5.92 Å². The van der Waals surface area contributed by atoms with Gasteiger partial charge in [-0.15, -0.1) is 0 Å². The van der Waals surface area contributed by atoms with E-state index in [-0.39, 0.29) is 0 Å². The molecule has 1 aliphatic heterocycles. The van der Waals surface area contributed by atoms with Gasteiger partial charge in [-0.1, -0.05) is 26.0 Å². The molecule has 0 aromatic rings. The van der Waals surface area contributed by atoms with E-state index in [1.807, 2.05) is 0 Å². The van der Waals surface area contributed by atoms with Crippen molar-refractivity contribution in [3.8, 4) is 0 Å². The summed E-state index contributed by atoms with van der Waals surface area (Å²) in [6.45, 7) is 6.87. The quantitative estimate of drug-likeness (QED) is 0.600. The summed E-state index contributed by atoms with van der Waals surface area (Å²) in [5.41, 5.74) is 0. The fourth-order valence-electron chi connectivity index (χ4n) is 1.42. The molecule has 1 saturated heterocycles. The van der Waals surface area contributed by atoms with Gasteiger partial charge in [0.2, 0.25) is 0 Å². The third-order valence-corrected chi connectivity index (χ3v) is 2.15. The Hall–Kier alpha value is -0.300. The van der Waals surface area contributed by atoms with Gasteiger partial charge in [-0.25, -0.2) is 0 Å². The number of allylic oxidation sites excluding steroid dienone is 2. The summed E-state index contributed by atoms with van der Waals surface area (Å²) >= 11 is 0. The Morgan fingerprint density at radius 3 is 2.45 bits per heavy atom. The second-order valence-electron chi connectivity index (χ2n) is 3.72. The number of rotatable bonds is 2. The molecule has 11 heavy (non-hydrogen) atoms. The average Bonchev–Trinajstić information content (AvgIpc) is 2.03. The first kappa shape index (κ1) is 8.79. The van der Waals surface area contributed by atoms with Crippen molar-refractivity contribution >= 4 is 0 Å². The van der Waals surface area contributed by atoms with Crippen LogP contribution in [0.5, 0.6) is 0 Å². The highest BCUT2D eigenvalue weighted by atomic mass is 14.9. The summed E-state index contributed by atoms with van der Waals surface area (Å²) in [6.07, 6.45) is 7.37. The number of piperidine rings is 1. The third kappa shape index (κ3) is 3.57. The highest BCUT2D eigenvalue weighted by molar-refractivity contribution is 4.92. The second-order valence-corrected chi connectivity index (χ2v) is 3.72. The standard InChI is InChI=1S/C10H19N/c1-9(2)3-4-10-5-7-11-8-6-10/h3-4,9-11H,5-8H2,1-2H3. The lowest BCUT2D eigenvalue weighted by molar-refractivity contribution is 0.435. The molecule has 1 heterocycles. The maximum absolute atomic E-state index is 3.37. The lowest BCUT2D eigenvalue weighted by Crippen LogP contribution is -2.26. The van der Waals surface area contributed by atoms with Gasteiger partial charge in [0.25, 0.3) is 0 Å². The molecule has 0 spiro atoms. The van der Waals surface area contributed by atoms with Crippen LogP contribution in [-0.4, -0.2) is 13.1 Å². The highest BCUT2D eigenvalue weighted by Gasteiger charge is 2.08. The van der Waals surface area contributed by atoms with Crippen molar-refractivity contribution in [2.45, 2.75) is 26.7 Å². The average molecular weight is 153 g/mol. The SMILES string of the molecule is CC(C)C=CC1CCNCC1. The molecule has 1 N–H and O–H groups in total. The van der Waals surface area contributed by atoms with E-state index in [1.165, 1.54) is 25.9 Å². The largest absolute Gasteiger partial charge is 0.317 e. The van der Waals surface area contributed by atoms with E-state index < -0.39 is 0 Å². The lowest BCUT2D eigenvalue weighted by Gasteiger charge is -2.19. The summed E-state index contributed by atoms with van der Waals surface area (Å²) in [7, 11) is 0. The zero-order valence-corrected chi connectivity index (χ0v) is 7.64. The first-order valence-corrected chi connectivity index (χ1v) is 4.68. The monoisotopic (exact) mass is 153 g/mol. The number of hydrogen-bond donors (Lipinski definition) is 1. The Bertz CT molecular complexity index is 121. The molecule has 1 rings (SSSR count). The summed E-state index contributed by atoms with van der Waals surface area (Å²) in [4.78, 5) is 0. The highest BCUT2D eigenvalue weighted by Crippen LogP contribution is 2.13. The first-order valence-electron chi connectivity index (χ1n) is 4.68. The third-order valence-electron chi connectivity index (χ3n) is 2.15. The number of hydrogen-bond acceptors (Lipinski definition) is 1. The van der Waals surface area contributed by atoms with Crippen LogP contribution < -0.4 is 5.32 Å². The molecule has 0 aromatic carbocycles. The van der Waals surface area contributed by atoms with E-state index in [4.69, 9.17) is 0 Å². The van der Waals surface area contributed by atoms with Gasteiger partial charge < -0.3 is 5.32 Å². The van der Waals surface area contributed by atoms with E-state index in [0.29, 0.717) is 5.92 Å². The normalized spacial score (nSPS) is 21.7. The molecular formula is C10H19N. The zero-order chi connectivity index (χ0) is 8.10. The van der Waals surface area contributed by atoms with Crippen LogP contribution in [0.25, 0.3) is 0 Å². The minimum Gasteiger partial charge on any atom is -0.317 e. The van der Waals surface area contributed by atoms with Crippen LogP contribution in [0.15, 0.2) is 12.2 Å². The van der Waals surface area contributed by atoms with Crippen molar-refractivity contribution in [2.24, 2.45) is 11.8 Å². The summed E-state index contributed by atoms with van der Waals surface area (Å²) in [5.74, 6) is 1.56. The first-order chi connectivity index (χ1) is 5.29. The van der Waals surface area contributed by atoms with Crippen molar-refractivity contribution in [3.05, 3.63) is 12.2 Å². The van der Waals surface area contributed by atoms with Crippen LogP contribution in [0.2, 0.25) is 0 Å². The molecule has 0 atom stereocenters. The topological polar surface area (TPSA) is 12.0 Å². The van der Waals surface area contributed by atoms with Gasteiger partial charge in [0.05, 0.1) is 0 Å². The van der Waals surface area contributed by atoms with Crippen LogP contribution in [0, 0.1) is 11.8 Å². The van der Waals surface area contributed by atoms with E-state index in [1.54, 1.807) is 0 Å². The molecule has 1 fully saturated rings. The van der Waals surface area contributed by atoms with Crippen molar-refractivity contribution in [1.82, 2.24) is 5.32 Å². The molecule has 1 heteroatoms. The Kier molecular flexibility index (Phi) is 3.64. The Morgan fingerprint density at radius 2 is 1.91 bits per heavy atom. The van der Waals surface area contributed by atoms with Crippen LogP contribution in [-0.2, 0) is 0 Å². The van der Waals surface area contributed by atoms with E-state index in [2.05, 4.69) is 31.3 Å².